The molecule has 4 rings (SSSR count). The van der Waals surface area contributed by atoms with Crippen molar-refractivity contribution in [3.8, 4) is 34.8 Å². The topological polar surface area (TPSA) is 113 Å². The summed E-state index contributed by atoms with van der Waals surface area (Å²) in [7, 11) is 3.11. The second-order valence-corrected chi connectivity index (χ2v) is 7.76. The summed E-state index contributed by atoms with van der Waals surface area (Å²) in [6.07, 6.45) is 0. The Morgan fingerprint density at radius 3 is 2.49 bits per heavy atom. The molecular weight excluding hydrogens is 448 g/mol. The van der Waals surface area contributed by atoms with Gasteiger partial charge in [-0.2, -0.15) is 5.26 Å². The lowest BCUT2D eigenvalue weighted by Crippen LogP contribution is -2.22. The Bertz CT molecular complexity index is 1340. The highest BCUT2D eigenvalue weighted by atomic mass is 16.6. The minimum atomic E-state index is -0.573. The number of carbonyl (C=O) groups is 1. The third kappa shape index (κ3) is 4.84. The van der Waals surface area contributed by atoms with Gasteiger partial charge in [-0.15, -0.1) is 0 Å². The molecule has 0 saturated heterocycles. The van der Waals surface area contributed by atoms with Crippen LogP contribution in [0.5, 0.6) is 28.7 Å². The lowest BCUT2D eigenvalue weighted by Gasteiger charge is -2.28. The summed E-state index contributed by atoms with van der Waals surface area (Å²) in [5.41, 5.74) is 8.61. The highest BCUT2D eigenvalue weighted by Gasteiger charge is 2.33. The van der Waals surface area contributed by atoms with Gasteiger partial charge in [-0.3, -0.25) is 0 Å². The van der Waals surface area contributed by atoms with E-state index in [9.17, 15) is 10.1 Å². The van der Waals surface area contributed by atoms with E-state index in [1.54, 1.807) is 56.7 Å². The van der Waals surface area contributed by atoms with E-state index < -0.39 is 11.9 Å². The number of benzene rings is 3. The zero-order chi connectivity index (χ0) is 24.9. The first-order chi connectivity index (χ1) is 16.9. The number of para-hydroxylation sites is 1. The van der Waals surface area contributed by atoms with E-state index >= 15 is 0 Å². The Balaban J connectivity index is 1.62. The average molecular weight is 472 g/mol. The van der Waals surface area contributed by atoms with Crippen molar-refractivity contribution in [3.63, 3.8) is 0 Å². The Hall–Kier alpha value is -4.64. The van der Waals surface area contributed by atoms with Crippen LogP contribution in [-0.2, 0) is 4.79 Å². The summed E-state index contributed by atoms with van der Waals surface area (Å²) in [4.78, 5) is 12.4. The van der Waals surface area contributed by atoms with Gasteiger partial charge in [0.25, 0.3) is 0 Å². The third-order valence-corrected chi connectivity index (χ3v) is 5.61. The van der Waals surface area contributed by atoms with Gasteiger partial charge in [0.15, 0.2) is 6.61 Å². The number of ether oxygens (including phenoxy) is 5. The molecule has 0 fully saturated rings. The van der Waals surface area contributed by atoms with Gasteiger partial charge in [0.1, 0.15) is 40.4 Å². The predicted molar refractivity (Wildman–Crippen MR) is 128 cm³/mol. The number of esters is 1. The van der Waals surface area contributed by atoms with Crippen LogP contribution in [0.15, 0.2) is 72.1 Å². The maximum atomic E-state index is 12.4. The molecule has 1 unspecified atom stereocenters. The van der Waals surface area contributed by atoms with Gasteiger partial charge < -0.3 is 29.4 Å². The van der Waals surface area contributed by atoms with Gasteiger partial charge in [-0.05, 0) is 42.8 Å². The van der Waals surface area contributed by atoms with Gasteiger partial charge >= 0.3 is 5.97 Å². The Morgan fingerprint density at radius 2 is 1.77 bits per heavy atom. The molecule has 2 N–H and O–H groups in total. The summed E-state index contributed by atoms with van der Waals surface area (Å²) in [5, 5.41) is 9.83. The van der Waals surface area contributed by atoms with E-state index in [0.717, 1.165) is 5.56 Å². The van der Waals surface area contributed by atoms with E-state index in [2.05, 4.69) is 6.07 Å². The van der Waals surface area contributed by atoms with Crippen LogP contribution in [0.4, 0.5) is 0 Å². The molecular formula is C27H24N2O6. The molecule has 8 heteroatoms. The number of hydrogen-bond acceptors (Lipinski definition) is 8. The molecule has 0 radical (unpaired) electrons. The van der Waals surface area contributed by atoms with Gasteiger partial charge in [0.05, 0.1) is 20.1 Å². The zero-order valence-corrected chi connectivity index (χ0v) is 19.5. The number of carbonyl (C=O) groups excluding carboxylic acids is 1. The standard InChI is InChI=1S/C27H24N2O6/c1-16-6-4-5-7-22(16)33-15-25(30)34-18-8-10-19-24(13-18)35-27(29)21(14-28)26(19)20-12-17(31-2)9-11-23(20)32-3/h4-13,26H,15,29H2,1-3H3. The molecule has 1 atom stereocenters. The first kappa shape index (κ1) is 23.5. The van der Waals surface area contributed by atoms with E-state index in [1.165, 1.54) is 0 Å². The van der Waals surface area contributed by atoms with Crippen LogP contribution in [0.3, 0.4) is 0 Å². The number of aryl methyl sites for hydroxylation is 1. The van der Waals surface area contributed by atoms with Crippen molar-refractivity contribution in [2.24, 2.45) is 5.73 Å². The molecule has 178 valence electrons. The van der Waals surface area contributed by atoms with Crippen LogP contribution in [0.1, 0.15) is 22.6 Å². The molecule has 3 aromatic rings. The summed E-state index contributed by atoms with van der Waals surface area (Å²) in [6.45, 7) is 1.63. The van der Waals surface area contributed by atoms with E-state index in [1.807, 2.05) is 25.1 Å². The summed E-state index contributed by atoms with van der Waals surface area (Å²) in [5.74, 6) is 1.21. The third-order valence-electron chi connectivity index (χ3n) is 5.61. The van der Waals surface area contributed by atoms with Crippen molar-refractivity contribution in [3.05, 3.63) is 88.8 Å². The first-order valence-corrected chi connectivity index (χ1v) is 10.8. The molecule has 35 heavy (non-hydrogen) atoms. The monoisotopic (exact) mass is 472 g/mol. The molecule has 1 aliphatic rings. The number of nitrogens with zero attached hydrogens (tertiary/aromatic N) is 1. The number of allylic oxidation sites excluding steroid dienone is 1. The number of methoxy groups -OCH3 is 2. The largest absolute Gasteiger partial charge is 0.497 e. The minimum absolute atomic E-state index is 0.0405. The van der Waals surface area contributed by atoms with Crippen LogP contribution in [0.2, 0.25) is 0 Å². The van der Waals surface area contributed by atoms with Crippen molar-refractivity contribution in [2.45, 2.75) is 12.8 Å². The minimum Gasteiger partial charge on any atom is -0.497 e. The maximum absolute atomic E-state index is 12.4. The molecule has 0 aromatic heterocycles. The van der Waals surface area contributed by atoms with Crippen molar-refractivity contribution in [2.75, 3.05) is 20.8 Å². The molecule has 0 saturated carbocycles. The summed E-state index contributed by atoms with van der Waals surface area (Å²) >= 11 is 0. The first-order valence-electron chi connectivity index (χ1n) is 10.8. The Labute approximate surface area is 203 Å². The number of fused-ring (bicyclic) bond motifs is 1. The lowest BCUT2D eigenvalue weighted by molar-refractivity contribution is -0.136. The fourth-order valence-corrected chi connectivity index (χ4v) is 3.90. The number of nitrogens with two attached hydrogens (primary N) is 1. The highest BCUT2D eigenvalue weighted by molar-refractivity contribution is 5.74. The predicted octanol–water partition coefficient (Wildman–Crippen LogP) is 4.21. The molecule has 1 aliphatic heterocycles. The van der Waals surface area contributed by atoms with Crippen molar-refractivity contribution >= 4 is 5.97 Å². The quantitative estimate of drug-likeness (QED) is 0.402. The maximum Gasteiger partial charge on any atom is 0.349 e. The van der Waals surface area contributed by atoms with Gasteiger partial charge in [-0.25, -0.2) is 4.79 Å². The van der Waals surface area contributed by atoms with Crippen molar-refractivity contribution in [1.29, 1.82) is 5.26 Å². The summed E-state index contributed by atoms with van der Waals surface area (Å²) < 4.78 is 27.6. The second kappa shape index (κ2) is 10.1. The van der Waals surface area contributed by atoms with E-state index in [-0.39, 0.29) is 23.8 Å². The van der Waals surface area contributed by atoms with Crippen molar-refractivity contribution in [1.82, 2.24) is 0 Å². The fourth-order valence-electron chi connectivity index (χ4n) is 3.90. The SMILES string of the molecule is COc1ccc(OC)c(C2C(C#N)=C(N)Oc3cc(OC(=O)COc4ccccc4C)ccc32)c1. The van der Waals surface area contributed by atoms with Crippen LogP contribution < -0.4 is 29.4 Å². The summed E-state index contributed by atoms with van der Waals surface area (Å²) in [6, 6.07) is 19.8. The smallest absolute Gasteiger partial charge is 0.349 e. The highest BCUT2D eigenvalue weighted by Crippen LogP contribution is 2.46. The fraction of sp³-hybridized carbons (Fsp3) is 0.185. The lowest BCUT2D eigenvalue weighted by atomic mass is 9.83. The van der Waals surface area contributed by atoms with Gasteiger partial charge in [0.2, 0.25) is 5.88 Å². The molecule has 8 nitrogen and oxygen atoms in total. The molecule has 0 spiro atoms. The van der Waals surface area contributed by atoms with Crippen LogP contribution in [-0.4, -0.2) is 26.8 Å². The zero-order valence-electron chi connectivity index (χ0n) is 19.5. The molecule has 1 heterocycles. The average Bonchev–Trinajstić information content (AvgIpc) is 2.87. The number of rotatable bonds is 7. The van der Waals surface area contributed by atoms with Gasteiger partial charge in [0, 0.05) is 17.2 Å². The van der Waals surface area contributed by atoms with Crippen LogP contribution in [0, 0.1) is 18.3 Å². The number of hydrogen-bond donors (Lipinski definition) is 1. The Morgan fingerprint density at radius 1 is 1.00 bits per heavy atom. The van der Waals surface area contributed by atoms with E-state index in [4.69, 9.17) is 29.4 Å². The number of nitriles is 1. The van der Waals surface area contributed by atoms with Crippen LogP contribution in [0.25, 0.3) is 0 Å². The van der Waals surface area contributed by atoms with Crippen LogP contribution >= 0.6 is 0 Å². The molecule has 0 aliphatic carbocycles. The normalized spacial score (nSPS) is 14.3. The Kier molecular flexibility index (Phi) is 6.78. The molecule has 0 amide bonds. The molecule has 3 aromatic carbocycles. The van der Waals surface area contributed by atoms with Crippen molar-refractivity contribution < 1.29 is 28.5 Å². The second-order valence-electron chi connectivity index (χ2n) is 7.76. The molecule has 0 bridgehead atoms. The van der Waals surface area contributed by atoms with E-state index in [0.29, 0.717) is 34.1 Å². The van der Waals surface area contributed by atoms with Gasteiger partial charge in [-0.1, -0.05) is 24.3 Å².